The van der Waals surface area contributed by atoms with E-state index in [4.69, 9.17) is 10.00 Å². The second kappa shape index (κ2) is 7.29. The number of methoxy groups -OCH3 is 1. The number of benzene rings is 1. The molecular formula is C14H20ClN3O3S. The summed E-state index contributed by atoms with van der Waals surface area (Å²) < 4.78 is 32.4. The fourth-order valence-electron chi connectivity index (χ4n) is 2.40. The highest BCUT2D eigenvalue weighted by Gasteiger charge is 2.35. The maximum atomic E-state index is 12.9. The van der Waals surface area contributed by atoms with E-state index in [1.807, 2.05) is 19.9 Å². The molecular weight excluding hydrogens is 326 g/mol. The second-order valence-corrected chi connectivity index (χ2v) is 7.07. The molecule has 1 aliphatic heterocycles. The summed E-state index contributed by atoms with van der Waals surface area (Å²) >= 11 is 0. The van der Waals surface area contributed by atoms with Gasteiger partial charge in [0.05, 0.1) is 18.7 Å². The Kier molecular flexibility index (Phi) is 6.20. The van der Waals surface area contributed by atoms with Gasteiger partial charge in [0.1, 0.15) is 10.6 Å². The number of halogens is 1. The van der Waals surface area contributed by atoms with Crippen molar-refractivity contribution in [3.8, 4) is 11.8 Å². The van der Waals surface area contributed by atoms with Gasteiger partial charge in [-0.1, -0.05) is 0 Å². The molecule has 0 amide bonds. The molecule has 0 radical (unpaired) electrons. The van der Waals surface area contributed by atoms with Gasteiger partial charge >= 0.3 is 0 Å². The van der Waals surface area contributed by atoms with Crippen molar-refractivity contribution in [1.82, 2.24) is 9.62 Å². The highest BCUT2D eigenvalue weighted by molar-refractivity contribution is 7.89. The molecule has 8 heteroatoms. The van der Waals surface area contributed by atoms with Crippen molar-refractivity contribution in [3.63, 3.8) is 0 Å². The zero-order chi connectivity index (χ0) is 15.6. The Bertz CT molecular complexity index is 672. The highest BCUT2D eigenvalue weighted by atomic mass is 35.5. The van der Waals surface area contributed by atoms with E-state index in [2.05, 4.69) is 5.32 Å². The van der Waals surface area contributed by atoms with Gasteiger partial charge in [-0.3, -0.25) is 0 Å². The van der Waals surface area contributed by atoms with Gasteiger partial charge in [0.25, 0.3) is 0 Å². The quantitative estimate of drug-likeness (QED) is 0.894. The molecule has 22 heavy (non-hydrogen) atoms. The second-order valence-electron chi connectivity index (χ2n) is 5.21. The van der Waals surface area contributed by atoms with Crippen LogP contribution >= 0.6 is 12.4 Å². The Morgan fingerprint density at radius 1 is 1.41 bits per heavy atom. The van der Waals surface area contributed by atoms with Gasteiger partial charge in [0, 0.05) is 25.2 Å². The van der Waals surface area contributed by atoms with Crippen LogP contribution < -0.4 is 10.1 Å². The molecule has 1 aliphatic rings. The maximum Gasteiger partial charge on any atom is 0.247 e. The van der Waals surface area contributed by atoms with E-state index in [0.29, 0.717) is 18.7 Å². The molecule has 1 aromatic carbocycles. The van der Waals surface area contributed by atoms with Crippen molar-refractivity contribution in [2.75, 3.05) is 20.2 Å². The summed E-state index contributed by atoms with van der Waals surface area (Å²) in [5.41, 5.74) is 0.368. The first kappa shape index (κ1) is 18.7. The molecule has 2 unspecified atom stereocenters. The average Bonchev–Trinajstić information content (AvgIpc) is 2.48. The van der Waals surface area contributed by atoms with Crippen LogP contribution in [-0.4, -0.2) is 45.0 Å². The lowest BCUT2D eigenvalue weighted by atomic mass is 10.2. The van der Waals surface area contributed by atoms with E-state index in [0.717, 1.165) is 0 Å². The van der Waals surface area contributed by atoms with Crippen LogP contribution in [0.25, 0.3) is 0 Å². The number of hydrogen-bond acceptors (Lipinski definition) is 5. The van der Waals surface area contributed by atoms with Crippen molar-refractivity contribution in [2.45, 2.75) is 30.8 Å². The largest absolute Gasteiger partial charge is 0.495 e. The summed E-state index contributed by atoms with van der Waals surface area (Å²) in [5, 5.41) is 12.2. The van der Waals surface area contributed by atoms with Gasteiger partial charge in [-0.05, 0) is 32.0 Å². The number of ether oxygens (including phenoxy) is 1. The maximum absolute atomic E-state index is 12.9. The van der Waals surface area contributed by atoms with Gasteiger partial charge < -0.3 is 10.1 Å². The molecule has 1 fully saturated rings. The fraction of sp³-hybridized carbons (Fsp3) is 0.500. The van der Waals surface area contributed by atoms with E-state index < -0.39 is 10.0 Å². The fourth-order valence-corrected chi connectivity index (χ4v) is 4.26. The number of piperazine rings is 1. The zero-order valence-corrected chi connectivity index (χ0v) is 14.4. The third kappa shape index (κ3) is 3.52. The normalized spacial score (nSPS) is 22.5. The van der Waals surface area contributed by atoms with Gasteiger partial charge in [-0.15, -0.1) is 12.4 Å². The van der Waals surface area contributed by atoms with Crippen LogP contribution in [0.1, 0.15) is 19.4 Å². The lowest BCUT2D eigenvalue weighted by Crippen LogP contribution is -2.56. The number of nitrogens with zero attached hydrogens (tertiary/aromatic N) is 2. The standard InChI is InChI=1S/C14H19N3O3S.ClH/c1-10-9-17(11(2)8-16-10)21(18,19)14-5-4-12(7-15)6-13(14)20-3;/h4-6,10-11,16H,8-9H2,1-3H3;1H. The number of nitriles is 1. The first-order chi connectivity index (χ1) is 9.90. The number of hydrogen-bond donors (Lipinski definition) is 1. The SMILES string of the molecule is COc1cc(C#N)ccc1S(=O)(=O)N1CC(C)NCC1C.Cl. The summed E-state index contributed by atoms with van der Waals surface area (Å²) in [4.78, 5) is 0.102. The van der Waals surface area contributed by atoms with Gasteiger partial charge in [-0.25, -0.2) is 8.42 Å². The minimum Gasteiger partial charge on any atom is -0.495 e. The van der Waals surface area contributed by atoms with E-state index >= 15 is 0 Å². The van der Waals surface area contributed by atoms with Crippen molar-refractivity contribution < 1.29 is 13.2 Å². The van der Waals surface area contributed by atoms with Crippen LogP contribution in [0.4, 0.5) is 0 Å². The van der Waals surface area contributed by atoms with Crippen molar-refractivity contribution in [1.29, 1.82) is 5.26 Å². The van der Waals surface area contributed by atoms with Gasteiger partial charge in [0.15, 0.2) is 0 Å². The molecule has 0 bridgehead atoms. The summed E-state index contributed by atoms with van der Waals surface area (Å²) in [6.07, 6.45) is 0. The van der Waals surface area contributed by atoms with Crippen LogP contribution in [-0.2, 0) is 10.0 Å². The summed E-state index contributed by atoms with van der Waals surface area (Å²) in [6.45, 7) is 4.84. The molecule has 0 aromatic heterocycles. The Morgan fingerprint density at radius 3 is 2.68 bits per heavy atom. The minimum absolute atomic E-state index is 0. The molecule has 1 saturated heterocycles. The summed E-state index contributed by atoms with van der Waals surface area (Å²) in [7, 11) is -2.25. The molecule has 1 aromatic rings. The molecule has 0 spiro atoms. The van der Waals surface area contributed by atoms with Crippen molar-refractivity contribution >= 4 is 22.4 Å². The van der Waals surface area contributed by atoms with Crippen LogP contribution in [0, 0.1) is 11.3 Å². The van der Waals surface area contributed by atoms with Crippen molar-refractivity contribution in [3.05, 3.63) is 23.8 Å². The Morgan fingerprint density at radius 2 is 2.09 bits per heavy atom. The lowest BCUT2D eigenvalue weighted by Gasteiger charge is -2.36. The van der Waals surface area contributed by atoms with Gasteiger partial charge in [0.2, 0.25) is 10.0 Å². The Labute approximate surface area is 137 Å². The molecule has 2 rings (SSSR count). The van der Waals surface area contributed by atoms with Crippen LogP contribution in [0.3, 0.4) is 0 Å². The number of sulfonamides is 1. The zero-order valence-electron chi connectivity index (χ0n) is 12.7. The van der Waals surface area contributed by atoms with Gasteiger partial charge in [-0.2, -0.15) is 9.57 Å². The molecule has 1 heterocycles. The topological polar surface area (TPSA) is 82.4 Å². The monoisotopic (exact) mass is 345 g/mol. The lowest BCUT2D eigenvalue weighted by molar-refractivity contribution is 0.244. The number of rotatable bonds is 3. The average molecular weight is 346 g/mol. The molecule has 2 atom stereocenters. The van der Waals surface area contributed by atoms with E-state index in [-0.39, 0.29) is 35.1 Å². The highest BCUT2D eigenvalue weighted by Crippen LogP contribution is 2.29. The van der Waals surface area contributed by atoms with E-state index in [1.54, 1.807) is 0 Å². The predicted molar refractivity (Wildman–Crippen MR) is 85.8 cm³/mol. The molecule has 1 N–H and O–H groups in total. The first-order valence-corrected chi connectivity index (χ1v) is 8.17. The predicted octanol–water partition coefficient (Wildman–Crippen LogP) is 1.36. The minimum atomic E-state index is -3.65. The Balaban J connectivity index is 0.00000242. The molecule has 122 valence electrons. The molecule has 0 aliphatic carbocycles. The molecule has 0 saturated carbocycles. The summed E-state index contributed by atoms with van der Waals surface area (Å²) in [6, 6.07) is 6.32. The third-order valence-electron chi connectivity index (χ3n) is 3.59. The molecule has 6 nitrogen and oxygen atoms in total. The van der Waals surface area contributed by atoms with Crippen molar-refractivity contribution in [2.24, 2.45) is 0 Å². The smallest absolute Gasteiger partial charge is 0.247 e. The first-order valence-electron chi connectivity index (χ1n) is 6.73. The number of nitrogens with one attached hydrogen (secondary N) is 1. The van der Waals surface area contributed by atoms with Crippen LogP contribution in [0.5, 0.6) is 5.75 Å². The van der Waals surface area contributed by atoms with E-state index in [9.17, 15) is 8.42 Å². The Hall–Kier alpha value is -1.33. The van der Waals surface area contributed by atoms with Crippen LogP contribution in [0.15, 0.2) is 23.1 Å². The third-order valence-corrected chi connectivity index (χ3v) is 5.61. The van der Waals surface area contributed by atoms with Crippen LogP contribution in [0.2, 0.25) is 0 Å². The summed E-state index contributed by atoms with van der Waals surface area (Å²) in [5.74, 6) is 0.201. The van der Waals surface area contributed by atoms with E-state index in [1.165, 1.54) is 29.6 Å².